The number of hydrogen-bond acceptors (Lipinski definition) is 0. The van der Waals surface area contributed by atoms with Crippen molar-refractivity contribution in [3.05, 3.63) is 53.6 Å². The monoisotopic (exact) mass is 233 g/mol. The fraction of sp³-hybridized carbons (Fsp3) is 0.167. The fourth-order valence-electron chi connectivity index (χ4n) is 1.57. The lowest BCUT2D eigenvalue weighted by atomic mass is 10.0. The van der Waals surface area contributed by atoms with Crippen molar-refractivity contribution in [2.45, 2.75) is 5.92 Å². The maximum absolute atomic E-state index is 3.38. The molecule has 1 aromatic rings. The first kappa shape index (κ1) is 8.76. The van der Waals surface area contributed by atoms with E-state index in [-0.39, 0.29) is 0 Å². The zero-order valence-corrected chi connectivity index (χ0v) is 8.79. The van der Waals surface area contributed by atoms with Gasteiger partial charge in [0.2, 0.25) is 0 Å². The summed E-state index contributed by atoms with van der Waals surface area (Å²) in [7, 11) is 0. The first-order valence-corrected chi connectivity index (χ1v) is 5.45. The van der Waals surface area contributed by atoms with Crippen molar-refractivity contribution < 1.29 is 0 Å². The highest BCUT2D eigenvalue weighted by Gasteiger charge is 2.12. The topological polar surface area (TPSA) is 0 Å². The first-order valence-electron chi connectivity index (χ1n) is 4.32. The van der Waals surface area contributed by atoms with Crippen molar-refractivity contribution in [1.29, 1.82) is 0 Å². The van der Waals surface area contributed by atoms with Crippen molar-refractivity contribution in [2.75, 3.05) is 5.33 Å². The van der Waals surface area contributed by atoms with Crippen LogP contribution in [0.5, 0.6) is 0 Å². The van der Waals surface area contributed by atoms with E-state index in [2.05, 4.69) is 58.4 Å². The van der Waals surface area contributed by atoms with Gasteiger partial charge >= 0.3 is 0 Å². The molecular formula is C12H10Br. The van der Waals surface area contributed by atoms with Crippen molar-refractivity contribution in [1.82, 2.24) is 0 Å². The van der Waals surface area contributed by atoms with Gasteiger partial charge in [-0.25, -0.2) is 0 Å². The number of benzene rings is 1. The highest BCUT2D eigenvalue weighted by molar-refractivity contribution is 9.09. The second-order valence-electron chi connectivity index (χ2n) is 3.02. The molecule has 65 valence electrons. The summed E-state index contributed by atoms with van der Waals surface area (Å²) in [5.41, 5.74) is 2.68. The molecule has 0 nitrogen and oxygen atoms in total. The minimum atomic E-state index is 0.449. The van der Waals surface area contributed by atoms with E-state index in [4.69, 9.17) is 0 Å². The summed E-state index contributed by atoms with van der Waals surface area (Å²) in [4.78, 5) is 0. The van der Waals surface area contributed by atoms with E-state index in [0.717, 1.165) is 5.33 Å². The fourth-order valence-corrected chi connectivity index (χ4v) is 1.79. The average molecular weight is 234 g/mol. The van der Waals surface area contributed by atoms with Gasteiger partial charge in [-0.05, 0) is 23.3 Å². The SMILES string of the molecule is BrCC=CC1C=Cc2cc[c]cc21. The van der Waals surface area contributed by atoms with Crippen LogP contribution >= 0.6 is 15.9 Å². The van der Waals surface area contributed by atoms with Gasteiger partial charge in [0.05, 0.1) is 0 Å². The largest absolute Gasteiger partial charge is 0.0883 e. The van der Waals surface area contributed by atoms with Crippen LogP contribution in [0.25, 0.3) is 6.08 Å². The minimum absolute atomic E-state index is 0.449. The van der Waals surface area contributed by atoms with Crippen LogP contribution in [0.1, 0.15) is 17.0 Å². The molecular weight excluding hydrogens is 224 g/mol. The Balaban J connectivity index is 2.28. The van der Waals surface area contributed by atoms with Gasteiger partial charge in [-0.3, -0.25) is 0 Å². The highest BCUT2D eigenvalue weighted by Crippen LogP contribution is 2.30. The predicted molar refractivity (Wildman–Crippen MR) is 60.0 cm³/mol. The maximum atomic E-state index is 3.38. The number of hydrogen-bond donors (Lipinski definition) is 0. The summed E-state index contributed by atoms with van der Waals surface area (Å²) in [6.07, 6.45) is 8.74. The van der Waals surface area contributed by atoms with Crippen LogP contribution in [-0.4, -0.2) is 5.33 Å². The Hall–Kier alpha value is -0.820. The molecule has 0 spiro atoms. The predicted octanol–water partition coefficient (Wildman–Crippen LogP) is 3.55. The van der Waals surface area contributed by atoms with Crippen LogP contribution in [-0.2, 0) is 0 Å². The molecule has 0 bridgehead atoms. The van der Waals surface area contributed by atoms with E-state index < -0.39 is 0 Å². The van der Waals surface area contributed by atoms with Crippen LogP contribution in [0, 0.1) is 6.07 Å². The lowest BCUT2D eigenvalue weighted by Crippen LogP contribution is -1.88. The molecule has 0 saturated carbocycles. The highest BCUT2D eigenvalue weighted by atomic mass is 79.9. The van der Waals surface area contributed by atoms with Gasteiger partial charge in [-0.2, -0.15) is 0 Å². The molecule has 0 aliphatic heterocycles. The molecule has 1 aliphatic carbocycles. The van der Waals surface area contributed by atoms with E-state index in [9.17, 15) is 0 Å². The minimum Gasteiger partial charge on any atom is -0.0883 e. The molecule has 2 rings (SSSR count). The number of allylic oxidation sites excluding steroid dienone is 3. The third-order valence-corrected chi connectivity index (χ3v) is 2.58. The van der Waals surface area contributed by atoms with Crippen molar-refractivity contribution in [3.8, 4) is 0 Å². The van der Waals surface area contributed by atoms with E-state index in [1.807, 2.05) is 6.07 Å². The number of rotatable bonds is 2. The van der Waals surface area contributed by atoms with E-state index in [1.54, 1.807) is 0 Å². The summed E-state index contributed by atoms with van der Waals surface area (Å²) in [5, 5.41) is 0.920. The number of halogens is 1. The Bertz CT molecular complexity index is 350. The molecule has 0 fully saturated rings. The lowest BCUT2D eigenvalue weighted by molar-refractivity contribution is 1.11. The third kappa shape index (κ3) is 1.75. The van der Waals surface area contributed by atoms with Gasteiger partial charge in [0.15, 0.2) is 0 Å². The van der Waals surface area contributed by atoms with Gasteiger partial charge < -0.3 is 0 Å². The molecule has 1 atom stereocenters. The molecule has 1 heteroatoms. The zero-order valence-electron chi connectivity index (χ0n) is 7.20. The van der Waals surface area contributed by atoms with E-state index >= 15 is 0 Å². The Morgan fingerprint density at radius 2 is 2.46 bits per heavy atom. The quantitative estimate of drug-likeness (QED) is 0.542. The summed E-state index contributed by atoms with van der Waals surface area (Å²) in [5.74, 6) is 0.449. The summed E-state index contributed by atoms with van der Waals surface area (Å²) >= 11 is 3.38. The smallest absolute Gasteiger partial charge is 0.0212 e. The maximum Gasteiger partial charge on any atom is 0.0212 e. The second kappa shape index (κ2) is 3.93. The Morgan fingerprint density at radius 3 is 3.31 bits per heavy atom. The van der Waals surface area contributed by atoms with Gasteiger partial charge in [0.1, 0.15) is 0 Å². The number of fused-ring (bicyclic) bond motifs is 1. The molecule has 0 heterocycles. The molecule has 13 heavy (non-hydrogen) atoms. The molecule has 0 saturated heterocycles. The lowest BCUT2D eigenvalue weighted by Gasteiger charge is -2.03. The second-order valence-corrected chi connectivity index (χ2v) is 3.67. The molecule has 0 amide bonds. The average Bonchev–Trinajstić information content (AvgIpc) is 2.58. The van der Waals surface area contributed by atoms with Crippen LogP contribution in [0.2, 0.25) is 0 Å². The van der Waals surface area contributed by atoms with Crippen LogP contribution in [0.4, 0.5) is 0 Å². The Labute approximate surface area is 87.1 Å². The van der Waals surface area contributed by atoms with Gasteiger partial charge in [-0.15, -0.1) is 0 Å². The van der Waals surface area contributed by atoms with E-state index in [0.29, 0.717) is 5.92 Å². The van der Waals surface area contributed by atoms with Crippen molar-refractivity contribution in [3.63, 3.8) is 0 Å². The van der Waals surface area contributed by atoms with Gasteiger partial charge in [-0.1, -0.05) is 52.4 Å². The third-order valence-electron chi connectivity index (χ3n) is 2.21. The molecule has 0 N–H and O–H groups in total. The van der Waals surface area contributed by atoms with Crippen LogP contribution < -0.4 is 0 Å². The van der Waals surface area contributed by atoms with Gasteiger partial charge in [0.25, 0.3) is 0 Å². The van der Waals surface area contributed by atoms with Crippen molar-refractivity contribution in [2.24, 2.45) is 0 Å². The number of alkyl halides is 1. The molecule has 1 aliphatic rings. The standard InChI is InChI=1S/C12H10Br/c13-9-3-5-11-8-7-10-4-1-2-6-12(10)11/h1,3-8,11H,9H2. The normalized spacial score (nSPS) is 19.6. The van der Waals surface area contributed by atoms with Crippen molar-refractivity contribution >= 4 is 22.0 Å². The summed E-state index contributed by atoms with van der Waals surface area (Å²) in [6.45, 7) is 0. The summed E-state index contributed by atoms with van der Waals surface area (Å²) < 4.78 is 0. The summed E-state index contributed by atoms with van der Waals surface area (Å²) in [6, 6.07) is 9.24. The molecule has 1 aromatic carbocycles. The molecule has 0 aromatic heterocycles. The Kier molecular flexibility index (Phi) is 2.65. The van der Waals surface area contributed by atoms with Gasteiger partial charge in [0, 0.05) is 11.2 Å². The van der Waals surface area contributed by atoms with Crippen LogP contribution in [0.3, 0.4) is 0 Å². The van der Waals surface area contributed by atoms with E-state index in [1.165, 1.54) is 11.1 Å². The molecule has 1 unspecified atom stereocenters. The Morgan fingerprint density at radius 1 is 1.54 bits per heavy atom. The zero-order chi connectivity index (χ0) is 9.10. The van der Waals surface area contributed by atoms with Crippen LogP contribution in [0.15, 0.2) is 36.4 Å². The first-order chi connectivity index (χ1) is 6.42. The molecule has 1 radical (unpaired) electrons.